The van der Waals surface area contributed by atoms with E-state index in [9.17, 15) is 9.90 Å². The van der Waals surface area contributed by atoms with Crippen molar-refractivity contribution in [1.82, 2.24) is 5.73 Å². The van der Waals surface area contributed by atoms with Gasteiger partial charge in [0.2, 0.25) is 5.91 Å². The largest absolute Gasteiger partial charge is 0.504 e. The van der Waals surface area contributed by atoms with Gasteiger partial charge in [-0.05, 0) is 17.7 Å². The zero-order valence-electron chi connectivity index (χ0n) is 7.20. The summed E-state index contributed by atoms with van der Waals surface area (Å²) < 4.78 is 4.84. The average Bonchev–Trinajstić information content (AvgIpc) is 2.07. The number of phenolic OH excluding ortho intramolecular Hbond substituents is 1. The van der Waals surface area contributed by atoms with E-state index in [0.717, 1.165) is 0 Å². The molecule has 0 aromatic heterocycles. The second-order valence-corrected chi connectivity index (χ2v) is 2.61. The molecule has 1 aromatic rings. The number of amides is 1. The summed E-state index contributed by atoms with van der Waals surface area (Å²) in [6.45, 7) is 0. The second kappa shape index (κ2) is 3.80. The maximum absolute atomic E-state index is 10.5. The van der Waals surface area contributed by atoms with Crippen LogP contribution in [0.5, 0.6) is 11.5 Å². The number of nitrogens with one attached hydrogen (secondary N) is 1. The van der Waals surface area contributed by atoms with Crippen LogP contribution in [0, 0.1) is 0 Å². The van der Waals surface area contributed by atoms with Crippen LogP contribution < -0.4 is 10.5 Å². The molecule has 0 bridgehead atoms. The molecule has 4 nitrogen and oxygen atoms in total. The zero-order chi connectivity index (χ0) is 9.84. The number of hydrogen-bond donors (Lipinski definition) is 1. The highest BCUT2D eigenvalue weighted by Gasteiger charge is 2.04. The molecule has 1 rings (SSSR count). The third-order valence-corrected chi connectivity index (χ3v) is 1.61. The Labute approximate surface area is 75.9 Å². The first-order valence-electron chi connectivity index (χ1n) is 3.74. The minimum absolute atomic E-state index is 0.0312. The highest BCUT2D eigenvalue weighted by atomic mass is 16.5. The van der Waals surface area contributed by atoms with Gasteiger partial charge in [-0.2, -0.15) is 0 Å². The zero-order valence-corrected chi connectivity index (χ0v) is 7.20. The predicted octanol–water partition coefficient (Wildman–Crippen LogP) is 0.753. The molecule has 1 aromatic carbocycles. The highest BCUT2D eigenvalue weighted by molar-refractivity contribution is 5.76. The lowest BCUT2D eigenvalue weighted by atomic mass is 10.1. The number of carbonyl (C=O) groups is 1. The Morgan fingerprint density at radius 1 is 1.62 bits per heavy atom. The first kappa shape index (κ1) is 9.38. The molecule has 0 aliphatic carbocycles. The normalized spacial score (nSPS) is 9.62. The van der Waals surface area contributed by atoms with E-state index in [-0.39, 0.29) is 12.2 Å². The van der Waals surface area contributed by atoms with Crippen LogP contribution in [-0.4, -0.2) is 18.1 Å². The second-order valence-electron chi connectivity index (χ2n) is 2.61. The maximum atomic E-state index is 10.5. The fraction of sp³-hybridized carbons (Fsp3) is 0.222. The van der Waals surface area contributed by atoms with Crippen molar-refractivity contribution in [2.24, 2.45) is 0 Å². The van der Waals surface area contributed by atoms with Gasteiger partial charge in [-0.25, -0.2) is 0 Å². The maximum Gasteiger partial charge on any atom is 0.242 e. The van der Waals surface area contributed by atoms with E-state index in [0.29, 0.717) is 11.3 Å². The summed E-state index contributed by atoms with van der Waals surface area (Å²) in [5.41, 5.74) is 7.42. The van der Waals surface area contributed by atoms with Gasteiger partial charge in [-0.3, -0.25) is 10.5 Å². The number of hydrogen-bond acceptors (Lipinski definition) is 3. The van der Waals surface area contributed by atoms with E-state index in [1.165, 1.54) is 13.2 Å². The van der Waals surface area contributed by atoms with Gasteiger partial charge < -0.3 is 9.84 Å². The molecule has 2 N–H and O–H groups in total. The molecular formula is C9H10NO3. The summed E-state index contributed by atoms with van der Waals surface area (Å²) in [7, 11) is 1.43. The van der Waals surface area contributed by atoms with E-state index >= 15 is 0 Å². The number of methoxy groups -OCH3 is 1. The molecule has 4 heteroatoms. The monoisotopic (exact) mass is 180 g/mol. The van der Waals surface area contributed by atoms with Gasteiger partial charge in [0, 0.05) is 0 Å². The van der Waals surface area contributed by atoms with Crippen molar-refractivity contribution in [2.75, 3.05) is 7.11 Å². The number of aromatic hydroxyl groups is 1. The van der Waals surface area contributed by atoms with Crippen LogP contribution in [0.1, 0.15) is 5.56 Å². The van der Waals surface area contributed by atoms with Gasteiger partial charge in [-0.1, -0.05) is 6.07 Å². The lowest BCUT2D eigenvalue weighted by Gasteiger charge is -2.04. The summed E-state index contributed by atoms with van der Waals surface area (Å²) in [5, 5.41) is 9.21. The SMILES string of the molecule is COc1cc(CC([NH])=O)ccc1O. The Morgan fingerprint density at radius 3 is 2.85 bits per heavy atom. The minimum Gasteiger partial charge on any atom is -0.504 e. The Hall–Kier alpha value is -1.71. The summed E-state index contributed by atoms with van der Waals surface area (Å²) >= 11 is 0. The summed E-state index contributed by atoms with van der Waals surface area (Å²) in [6, 6.07) is 4.57. The highest BCUT2D eigenvalue weighted by Crippen LogP contribution is 2.26. The van der Waals surface area contributed by atoms with E-state index in [1.807, 2.05) is 0 Å². The molecular weight excluding hydrogens is 170 g/mol. The molecule has 69 valence electrons. The third kappa shape index (κ3) is 2.37. The third-order valence-electron chi connectivity index (χ3n) is 1.61. The van der Waals surface area contributed by atoms with Gasteiger partial charge >= 0.3 is 0 Å². The van der Waals surface area contributed by atoms with Gasteiger partial charge in [0.1, 0.15) is 0 Å². The number of rotatable bonds is 3. The van der Waals surface area contributed by atoms with Crippen molar-refractivity contribution >= 4 is 5.91 Å². The van der Waals surface area contributed by atoms with Crippen molar-refractivity contribution in [3.05, 3.63) is 23.8 Å². The van der Waals surface area contributed by atoms with Crippen LogP contribution in [0.25, 0.3) is 0 Å². The van der Waals surface area contributed by atoms with Gasteiger partial charge in [0.15, 0.2) is 11.5 Å². The van der Waals surface area contributed by atoms with E-state index < -0.39 is 5.91 Å². The topological polar surface area (TPSA) is 70.3 Å². The average molecular weight is 180 g/mol. The molecule has 13 heavy (non-hydrogen) atoms. The van der Waals surface area contributed by atoms with E-state index in [4.69, 9.17) is 10.5 Å². The van der Waals surface area contributed by atoms with Crippen LogP contribution in [0.3, 0.4) is 0 Å². The molecule has 0 unspecified atom stereocenters. The summed E-state index contributed by atoms with van der Waals surface area (Å²) in [5.74, 6) is -0.310. The Morgan fingerprint density at radius 2 is 2.31 bits per heavy atom. The van der Waals surface area contributed by atoms with Crippen LogP contribution in [0.2, 0.25) is 0 Å². The summed E-state index contributed by atoms with van der Waals surface area (Å²) in [4.78, 5) is 10.5. The van der Waals surface area contributed by atoms with Crippen molar-refractivity contribution in [1.29, 1.82) is 0 Å². The number of ether oxygens (including phenoxy) is 1. The Bertz CT molecular complexity index is 323. The minimum atomic E-state index is -0.659. The van der Waals surface area contributed by atoms with Gasteiger partial charge in [0.25, 0.3) is 0 Å². The smallest absolute Gasteiger partial charge is 0.242 e. The van der Waals surface area contributed by atoms with Crippen molar-refractivity contribution < 1.29 is 14.6 Å². The van der Waals surface area contributed by atoms with Crippen LogP contribution in [-0.2, 0) is 11.2 Å². The number of carbonyl (C=O) groups excluding carboxylic acids is 1. The van der Waals surface area contributed by atoms with Gasteiger partial charge in [-0.15, -0.1) is 0 Å². The Kier molecular flexibility index (Phi) is 2.74. The fourth-order valence-electron chi connectivity index (χ4n) is 1.02. The van der Waals surface area contributed by atoms with Crippen LogP contribution in [0.15, 0.2) is 18.2 Å². The first-order valence-corrected chi connectivity index (χ1v) is 3.74. The standard InChI is InChI=1S/C9H10NO3/c1-13-8-4-6(5-9(10)12)2-3-7(8)11/h2-4,10-11H,5H2,1H3. The summed E-state index contributed by atoms with van der Waals surface area (Å²) in [6.07, 6.45) is 0.0383. The lowest BCUT2D eigenvalue weighted by Crippen LogP contribution is -2.02. The lowest BCUT2D eigenvalue weighted by molar-refractivity contribution is -0.118. The van der Waals surface area contributed by atoms with Crippen molar-refractivity contribution in [3.63, 3.8) is 0 Å². The molecule has 0 saturated carbocycles. The molecule has 0 aliphatic rings. The first-order chi connectivity index (χ1) is 6.13. The molecule has 1 amide bonds. The van der Waals surface area contributed by atoms with Crippen molar-refractivity contribution in [2.45, 2.75) is 6.42 Å². The molecule has 0 heterocycles. The molecule has 0 saturated heterocycles. The molecule has 0 fully saturated rings. The predicted molar refractivity (Wildman–Crippen MR) is 46.5 cm³/mol. The number of phenols is 1. The van der Waals surface area contributed by atoms with Crippen molar-refractivity contribution in [3.8, 4) is 11.5 Å². The molecule has 0 atom stereocenters. The van der Waals surface area contributed by atoms with E-state index in [2.05, 4.69) is 0 Å². The van der Waals surface area contributed by atoms with Crippen LogP contribution in [0.4, 0.5) is 0 Å². The molecule has 0 spiro atoms. The van der Waals surface area contributed by atoms with Gasteiger partial charge in [0.05, 0.1) is 13.5 Å². The van der Waals surface area contributed by atoms with E-state index in [1.54, 1.807) is 12.1 Å². The van der Waals surface area contributed by atoms with Crippen LogP contribution >= 0.6 is 0 Å². The molecule has 0 aliphatic heterocycles. The quantitative estimate of drug-likeness (QED) is 0.746. The number of benzene rings is 1. The fourth-order valence-corrected chi connectivity index (χ4v) is 1.02. The molecule has 1 radical (unpaired) electrons. The Balaban J connectivity index is 2.92.